The zero-order valence-corrected chi connectivity index (χ0v) is 21.0. The van der Waals surface area contributed by atoms with Crippen molar-refractivity contribution in [3.63, 3.8) is 0 Å². The third-order valence-electron chi connectivity index (χ3n) is 6.37. The Hall–Kier alpha value is -4.87. The number of amides is 2. The van der Waals surface area contributed by atoms with Gasteiger partial charge in [-0.25, -0.2) is 14.3 Å². The summed E-state index contributed by atoms with van der Waals surface area (Å²) >= 11 is 0. The van der Waals surface area contributed by atoms with E-state index in [9.17, 15) is 14.7 Å². The van der Waals surface area contributed by atoms with Gasteiger partial charge in [-0.05, 0) is 42.3 Å². The average Bonchev–Trinajstić information content (AvgIpc) is 3.28. The van der Waals surface area contributed by atoms with E-state index in [2.05, 4.69) is 20.4 Å². The van der Waals surface area contributed by atoms with Gasteiger partial charge in [-0.15, -0.1) is 0 Å². The Bertz CT molecular complexity index is 1490. The summed E-state index contributed by atoms with van der Waals surface area (Å²) in [5.74, 6) is 1.26. The van der Waals surface area contributed by atoms with Crippen LogP contribution in [0, 0.1) is 0 Å². The highest BCUT2D eigenvalue weighted by Crippen LogP contribution is 2.31. The SMILES string of the molecule is COc1ccc(Nc2cc(-c3cccc(C(=O)N4CCCN(C(=O)O)CC4)c3)cn3ncnc23)nc1OC. The minimum Gasteiger partial charge on any atom is -0.491 e. The maximum atomic E-state index is 13.3. The summed E-state index contributed by atoms with van der Waals surface area (Å²) in [5, 5.41) is 16.9. The Labute approximate surface area is 218 Å². The number of anilines is 2. The quantitative estimate of drug-likeness (QED) is 0.395. The molecule has 5 rings (SSSR count). The summed E-state index contributed by atoms with van der Waals surface area (Å²) < 4.78 is 12.2. The zero-order chi connectivity index (χ0) is 26.6. The molecule has 12 heteroatoms. The number of hydrogen-bond donors (Lipinski definition) is 2. The molecule has 4 heterocycles. The Balaban J connectivity index is 1.44. The van der Waals surface area contributed by atoms with Crippen molar-refractivity contribution in [2.75, 3.05) is 45.7 Å². The lowest BCUT2D eigenvalue weighted by atomic mass is 10.0. The van der Waals surface area contributed by atoms with Crippen LogP contribution in [0.4, 0.5) is 16.3 Å². The second-order valence-corrected chi connectivity index (χ2v) is 8.70. The number of methoxy groups -OCH3 is 2. The number of nitrogens with one attached hydrogen (secondary N) is 1. The molecule has 3 aromatic heterocycles. The van der Waals surface area contributed by atoms with Crippen molar-refractivity contribution in [1.29, 1.82) is 0 Å². The summed E-state index contributed by atoms with van der Waals surface area (Å²) in [5.41, 5.74) is 3.43. The van der Waals surface area contributed by atoms with Gasteiger partial charge in [0.15, 0.2) is 11.4 Å². The monoisotopic (exact) mass is 517 g/mol. The van der Waals surface area contributed by atoms with Crippen molar-refractivity contribution in [3.05, 3.63) is 60.6 Å². The predicted molar refractivity (Wildman–Crippen MR) is 139 cm³/mol. The van der Waals surface area contributed by atoms with E-state index in [1.165, 1.54) is 18.3 Å². The van der Waals surface area contributed by atoms with E-state index in [0.717, 1.165) is 11.1 Å². The summed E-state index contributed by atoms with van der Waals surface area (Å²) in [6.07, 6.45) is 2.94. The molecule has 2 amide bonds. The van der Waals surface area contributed by atoms with E-state index < -0.39 is 6.09 Å². The van der Waals surface area contributed by atoms with Gasteiger partial charge in [0.2, 0.25) is 0 Å². The minimum absolute atomic E-state index is 0.131. The molecular weight excluding hydrogens is 490 g/mol. The minimum atomic E-state index is -0.961. The molecule has 1 saturated heterocycles. The molecule has 2 N–H and O–H groups in total. The van der Waals surface area contributed by atoms with Gasteiger partial charge in [0.25, 0.3) is 11.8 Å². The number of benzene rings is 1. The van der Waals surface area contributed by atoms with E-state index in [-0.39, 0.29) is 5.91 Å². The smallest absolute Gasteiger partial charge is 0.407 e. The van der Waals surface area contributed by atoms with Crippen molar-refractivity contribution in [1.82, 2.24) is 29.4 Å². The van der Waals surface area contributed by atoms with Crippen LogP contribution in [0.5, 0.6) is 11.6 Å². The first kappa shape index (κ1) is 24.8. The average molecular weight is 518 g/mol. The van der Waals surface area contributed by atoms with Crippen molar-refractivity contribution in [2.45, 2.75) is 6.42 Å². The first-order valence-electron chi connectivity index (χ1n) is 12.0. The van der Waals surface area contributed by atoms with Crippen LogP contribution in [0.3, 0.4) is 0 Å². The van der Waals surface area contributed by atoms with Crippen LogP contribution in [0.25, 0.3) is 16.8 Å². The first-order valence-corrected chi connectivity index (χ1v) is 12.0. The molecule has 196 valence electrons. The molecule has 1 aliphatic heterocycles. The fraction of sp³-hybridized carbons (Fsp3) is 0.269. The Kier molecular flexibility index (Phi) is 6.94. The lowest BCUT2D eigenvalue weighted by Gasteiger charge is -2.21. The van der Waals surface area contributed by atoms with E-state index >= 15 is 0 Å². The first-order chi connectivity index (χ1) is 18.5. The predicted octanol–water partition coefficient (Wildman–Crippen LogP) is 3.38. The molecule has 1 aliphatic rings. The third-order valence-corrected chi connectivity index (χ3v) is 6.37. The summed E-state index contributed by atoms with van der Waals surface area (Å²) in [4.78, 5) is 36.5. The Morgan fingerprint density at radius 3 is 2.58 bits per heavy atom. The topological polar surface area (TPSA) is 134 Å². The largest absolute Gasteiger partial charge is 0.491 e. The number of carboxylic acid groups (broad SMARTS) is 1. The fourth-order valence-corrected chi connectivity index (χ4v) is 4.44. The van der Waals surface area contributed by atoms with E-state index in [1.807, 2.05) is 30.5 Å². The molecule has 0 unspecified atom stereocenters. The van der Waals surface area contributed by atoms with Crippen molar-refractivity contribution >= 4 is 29.2 Å². The van der Waals surface area contributed by atoms with Crippen LogP contribution in [-0.4, -0.2) is 86.9 Å². The normalized spacial score (nSPS) is 13.7. The Morgan fingerprint density at radius 2 is 1.79 bits per heavy atom. The van der Waals surface area contributed by atoms with Gasteiger partial charge in [0.1, 0.15) is 12.1 Å². The summed E-state index contributed by atoms with van der Waals surface area (Å²) in [6.45, 7) is 1.57. The molecule has 38 heavy (non-hydrogen) atoms. The van der Waals surface area contributed by atoms with Crippen LogP contribution in [-0.2, 0) is 0 Å². The second-order valence-electron chi connectivity index (χ2n) is 8.70. The molecule has 0 spiro atoms. The highest BCUT2D eigenvalue weighted by molar-refractivity contribution is 5.95. The van der Waals surface area contributed by atoms with Crippen LogP contribution >= 0.6 is 0 Å². The van der Waals surface area contributed by atoms with Gasteiger partial charge in [0.05, 0.1) is 19.9 Å². The van der Waals surface area contributed by atoms with E-state index in [4.69, 9.17) is 9.47 Å². The van der Waals surface area contributed by atoms with Crippen LogP contribution in [0.15, 0.2) is 55.0 Å². The van der Waals surface area contributed by atoms with Gasteiger partial charge in [-0.2, -0.15) is 10.1 Å². The number of fused-ring (bicyclic) bond motifs is 1. The highest BCUT2D eigenvalue weighted by Gasteiger charge is 2.23. The van der Waals surface area contributed by atoms with Gasteiger partial charge in [-0.1, -0.05) is 12.1 Å². The van der Waals surface area contributed by atoms with Gasteiger partial charge < -0.3 is 29.7 Å². The molecule has 4 aromatic rings. The highest BCUT2D eigenvalue weighted by atomic mass is 16.5. The number of carbonyl (C=O) groups is 2. The molecule has 0 saturated carbocycles. The summed E-state index contributed by atoms with van der Waals surface area (Å²) in [7, 11) is 3.07. The maximum Gasteiger partial charge on any atom is 0.407 e. The van der Waals surface area contributed by atoms with Crippen molar-refractivity contribution < 1.29 is 24.2 Å². The molecule has 0 aliphatic carbocycles. The number of ether oxygens (including phenoxy) is 2. The lowest BCUT2D eigenvalue weighted by Crippen LogP contribution is -2.36. The molecule has 12 nitrogen and oxygen atoms in total. The van der Waals surface area contributed by atoms with Crippen molar-refractivity contribution in [3.8, 4) is 22.8 Å². The maximum absolute atomic E-state index is 13.3. The molecule has 1 fully saturated rings. The van der Waals surface area contributed by atoms with Crippen LogP contribution in [0.2, 0.25) is 0 Å². The number of hydrogen-bond acceptors (Lipinski definition) is 8. The van der Waals surface area contributed by atoms with Gasteiger partial charge in [0, 0.05) is 43.5 Å². The molecule has 0 atom stereocenters. The number of pyridine rings is 2. The zero-order valence-electron chi connectivity index (χ0n) is 21.0. The second kappa shape index (κ2) is 10.6. The fourth-order valence-electron chi connectivity index (χ4n) is 4.44. The van der Waals surface area contributed by atoms with Crippen LogP contribution < -0.4 is 14.8 Å². The van der Waals surface area contributed by atoms with E-state index in [0.29, 0.717) is 66.9 Å². The standard InChI is InChI=1S/C26H27N7O5/c1-37-21-7-8-22(30-24(21)38-2)29-20-14-19(15-33-23(20)27-16-28-33)17-5-3-6-18(13-17)25(34)31-9-4-10-32(12-11-31)26(35)36/h3,5-8,13-16H,4,9-12H2,1-2H3,(H,29,30)(H,35,36). The van der Waals surface area contributed by atoms with Crippen molar-refractivity contribution in [2.24, 2.45) is 0 Å². The van der Waals surface area contributed by atoms with Gasteiger partial charge in [-0.3, -0.25) is 4.79 Å². The molecule has 0 radical (unpaired) electrons. The van der Waals surface area contributed by atoms with E-state index in [1.54, 1.807) is 34.7 Å². The molecular formula is C26H27N7O5. The number of rotatable bonds is 6. The number of aromatic nitrogens is 4. The number of carbonyl (C=O) groups excluding carboxylic acids is 1. The Morgan fingerprint density at radius 1 is 0.974 bits per heavy atom. The molecule has 0 bridgehead atoms. The van der Waals surface area contributed by atoms with Gasteiger partial charge >= 0.3 is 6.09 Å². The number of nitrogens with zero attached hydrogens (tertiary/aromatic N) is 6. The van der Waals surface area contributed by atoms with Crippen LogP contribution in [0.1, 0.15) is 16.8 Å². The molecule has 1 aromatic carbocycles. The third kappa shape index (κ3) is 5.01. The summed E-state index contributed by atoms with van der Waals surface area (Å²) in [6, 6.07) is 12.8. The lowest BCUT2D eigenvalue weighted by molar-refractivity contribution is 0.0759.